The van der Waals surface area contributed by atoms with E-state index < -0.39 is 15.4 Å². The Morgan fingerprint density at radius 1 is 0.875 bits per heavy atom. The zero-order valence-electron chi connectivity index (χ0n) is 17.1. The van der Waals surface area contributed by atoms with Crippen LogP contribution in [0, 0.1) is 0 Å². The maximum absolute atomic E-state index is 11.6. The van der Waals surface area contributed by atoms with Crippen molar-refractivity contribution in [2.75, 3.05) is 0 Å². The molecule has 0 fully saturated rings. The summed E-state index contributed by atoms with van der Waals surface area (Å²) in [6, 6.07) is 9.02. The molecule has 0 bridgehead atoms. The average molecular weight is 383 g/mol. The van der Waals surface area contributed by atoms with Gasteiger partial charge in [-0.1, -0.05) is 101 Å². The summed E-state index contributed by atoms with van der Waals surface area (Å²) in [5.74, 6) is 0. The molecular formula is C19H34CaO3S. The van der Waals surface area contributed by atoms with Crippen LogP contribution in [0.2, 0.25) is 0 Å². The first-order chi connectivity index (χ1) is 11.1. The molecule has 1 unspecified atom stereocenters. The summed E-state index contributed by atoms with van der Waals surface area (Å²) in [4.78, 5) is 0. The van der Waals surface area contributed by atoms with Crippen LogP contribution >= 0.6 is 0 Å². The fourth-order valence-corrected chi connectivity index (χ4v) is 3.94. The van der Waals surface area contributed by atoms with Crippen LogP contribution in [0.5, 0.6) is 0 Å². The van der Waals surface area contributed by atoms with Gasteiger partial charge in [0.15, 0.2) is 0 Å². The van der Waals surface area contributed by atoms with Crippen molar-refractivity contribution in [3.63, 3.8) is 0 Å². The Labute approximate surface area is 181 Å². The van der Waals surface area contributed by atoms with Gasteiger partial charge in [0.1, 0.15) is 5.25 Å². The molecule has 0 heterocycles. The van der Waals surface area contributed by atoms with Crippen LogP contribution in [0.25, 0.3) is 0 Å². The first-order valence-corrected chi connectivity index (χ1v) is 10.6. The molecule has 0 saturated heterocycles. The number of rotatable bonds is 13. The molecule has 1 N–H and O–H groups in total. The third kappa shape index (κ3) is 11.1. The zero-order valence-corrected chi connectivity index (χ0v) is 18.1. The molecule has 0 aliphatic rings. The quantitative estimate of drug-likeness (QED) is 0.268. The van der Waals surface area contributed by atoms with Crippen LogP contribution in [-0.4, -0.2) is 50.7 Å². The van der Waals surface area contributed by atoms with E-state index in [4.69, 9.17) is 0 Å². The Morgan fingerprint density at radius 3 is 1.79 bits per heavy atom. The van der Waals surface area contributed by atoms with Gasteiger partial charge in [-0.05, 0) is 12.0 Å². The molecule has 0 aliphatic heterocycles. The zero-order chi connectivity index (χ0) is 17.0. The van der Waals surface area contributed by atoms with E-state index in [9.17, 15) is 13.0 Å². The molecular weight excluding hydrogens is 348 g/mol. The molecule has 5 heteroatoms. The van der Waals surface area contributed by atoms with Crippen molar-refractivity contribution in [1.29, 1.82) is 0 Å². The molecule has 1 aromatic rings. The summed E-state index contributed by atoms with van der Waals surface area (Å²) in [5, 5.41) is -0.780. The van der Waals surface area contributed by atoms with Gasteiger partial charge in [0.25, 0.3) is 10.1 Å². The van der Waals surface area contributed by atoms with Gasteiger partial charge >= 0.3 is 37.7 Å². The third-order valence-corrected chi connectivity index (χ3v) is 5.58. The van der Waals surface area contributed by atoms with Crippen LogP contribution in [0.4, 0.5) is 0 Å². The van der Waals surface area contributed by atoms with Gasteiger partial charge in [0.05, 0.1) is 0 Å². The summed E-state index contributed by atoms with van der Waals surface area (Å²) >= 11 is 0. The van der Waals surface area contributed by atoms with Crippen LogP contribution in [0.15, 0.2) is 30.3 Å². The van der Waals surface area contributed by atoms with Crippen LogP contribution in [0.1, 0.15) is 91.2 Å². The van der Waals surface area contributed by atoms with Gasteiger partial charge in [-0.25, -0.2) is 0 Å². The van der Waals surface area contributed by atoms with Gasteiger partial charge in [-0.15, -0.1) is 0 Å². The SMILES string of the molecule is CCCCCCCCCCCCC(c1ccccc1)S(=O)(=O)O.[Ca+2].[H-].[H-]. The van der Waals surface area contributed by atoms with Crippen LogP contribution < -0.4 is 0 Å². The minimum Gasteiger partial charge on any atom is -1.00 e. The van der Waals surface area contributed by atoms with E-state index in [0.29, 0.717) is 12.0 Å². The standard InChI is InChI=1S/C19H32O3S.Ca.2H/c1-2-3-4-5-6-7-8-9-10-14-17-19(23(20,21)22)18-15-12-11-13-16-18;;;/h11-13,15-16,19H,2-10,14,17H2,1H3,(H,20,21,22);;;/q;+2;2*-1. The van der Waals surface area contributed by atoms with E-state index in [1.807, 2.05) is 18.2 Å². The Kier molecular flexibility index (Phi) is 14.8. The summed E-state index contributed by atoms with van der Waals surface area (Å²) in [5.41, 5.74) is 0.686. The van der Waals surface area contributed by atoms with E-state index in [1.54, 1.807) is 12.1 Å². The molecule has 24 heavy (non-hydrogen) atoms. The van der Waals surface area contributed by atoms with Crippen molar-refractivity contribution in [3.05, 3.63) is 35.9 Å². The topological polar surface area (TPSA) is 54.4 Å². The van der Waals surface area contributed by atoms with E-state index in [2.05, 4.69) is 6.92 Å². The second-order valence-corrected chi connectivity index (χ2v) is 7.98. The van der Waals surface area contributed by atoms with E-state index in [0.717, 1.165) is 19.3 Å². The normalized spacial score (nSPS) is 12.6. The van der Waals surface area contributed by atoms with E-state index >= 15 is 0 Å². The Morgan fingerprint density at radius 2 is 1.33 bits per heavy atom. The van der Waals surface area contributed by atoms with Crippen LogP contribution in [0.3, 0.4) is 0 Å². The molecule has 1 atom stereocenters. The first-order valence-electron chi connectivity index (χ1n) is 9.07. The number of benzene rings is 1. The third-order valence-electron chi connectivity index (χ3n) is 4.35. The monoisotopic (exact) mass is 382 g/mol. The van der Waals surface area contributed by atoms with Gasteiger partial charge < -0.3 is 2.85 Å². The Balaban J connectivity index is -0.00000176. The summed E-state index contributed by atoms with van der Waals surface area (Å²) < 4.78 is 32.6. The molecule has 0 saturated carbocycles. The summed E-state index contributed by atoms with van der Waals surface area (Å²) in [6.07, 6.45) is 12.7. The summed E-state index contributed by atoms with van der Waals surface area (Å²) in [6.45, 7) is 2.23. The molecule has 0 amide bonds. The van der Waals surface area contributed by atoms with Crippen LogP contribution in [-0.2, 0) is 10.1 Å². The van der Waals surface area contributed by atoms with Gasteiger partial charge in [0.2, 0.25) is 0 Å². The molecule has 1 aromatic carbocycles. The Bertz CT molecular complexity index is 513. The minimum atomic E-state index is -4.03. The smallest absolute Gasteiger partial charge is 1.00 e. The average Bonchev–Trinajstić information content (AvgIpc) is 2.52. The molecule has 1 rings (SSSR count). The first kappa shape index (κ1) is 24.4. The molecule has 0 aliphatic carbocycles. The number of unbranched alkanes of at least 4 members (excludes halogenated alkanes) is 9. The number of hydrogen-bond donors (Lipinski definition) is 1. The molecule has 0 radical (unpaired) electrons. The molecule has 3 nitrogen and oxygen atoms in total. The van der Waals surface area contributed by atoms with Crippen molar-refractivity contribution < 1.29 is 15.8 Å². The van der Waals surface area contributed by atoms with Crippen molar-refractivity contribution in [1.82, 2.24) is 0 Å². The molecule has 0 aromatic heterocycles. The van der Waals surface area contributed by atoms with Crippen molar-refractivity contribution in [3.8, 4) is 0 Å². The Hall–Kier alpha value is 0.390. The second-order valence-electron chi connectivity index (χ2n) is 6.38. The van der Waals surface area contributed by atoms with Gasteiger partial charge in [-0.3, -0.25) is 4.55 Å². The molecule has 136 valence electrons. The van der Waals surface area contributed by atoms with Crippen molar-refractivity contribution in [2.45, 2.75) is 82.8 Å². The van der Waals surface area contributed by atoms with Gasteiger partial charge in [0, 0.05) is 0 Å². The fourth-order valence-electron chi connectivity index (χ4n) is 2.97. The molecule has 0 spiro atoms. The number of hydrogen-bond acceptors (Lipinski definition) is 2. The minimum absolute atomic E-state index is 0. The predicted molar refractivity (Wildman–Crippen MR) is 105 cm³/mol. The maximum atomic E-state index is 11.6. The summed E-state index contributed by atoms with van der Waals surface area (Å²) in [7, 11) is -4.03. The maximum Gasteiger partial charge on any atom is 2.00 e. The largest absolute Gasteiger partial charge is 2.00 e. The van der Waals surface area contributed by atoms with E-state index in [1.165, 1.54) is 44.9 Å². The van der Waals surface area contributed by atoms with E-state index in [-0.39, 0.29) is 40.6 Å². The van der Waals surface area contributed by atoms with Crippen molar-refractivity contribution >= 4 is 47.9 Å². The fraction of sp³-hybridized carbons (Fsp3) is 0.684. The second kappa shape index (κ2) is 14.5. The van der Waals surface area contributed by atoms with Crippen molar-refractivity contribution in [2.24, 2.45) is 0 Å². The predicted octanol–water partition coefficient (Wildman–Crippen LogP) is 5.77. The van der Waals surface area contributed by atoms with Gasteiger partial charge in [-0.2, -0.15) is 8.42 Å².